The summed E-state index contributed by atoms with van der Waals surface area (Å²) in [7, 11) is 0. The number of carbonyl (C=O) groups is 2. The van der Waals surface area contributed by atoms with Crippen LogP contribution in [0.25, 0.3) is 11.0 Å². The monoisotopic (exact) mass is 391 g/mol. The number of amides is 1. The van der Waals surface area contributed by atoms with E-state index < -0.39 is 5.97 Å². The van der Waals surface area contributed by atoms with E-state index in [2.05, 4.69) is 5.32 Å². The van der Waals surface area contributed by atoms with Crippen molar-refractivity contribution in [3.8, 4) is 0 Å². The lowest BCUT2D eigenvalue weighted by molar-refractivity contribution is -0.115. The van der Waals surface area contributed by atoms with E-state index >= 15 is 0 Å². The first-order valence-corrected chi connectivity index (χ1v) is 9.32. The topological polar surface area (TPSA) is 68.5 Å². The minimum absolute atomic E-state index is 0.117. The van der Waals surface area contributed by atoms with Crippen LogP contribution >= 0.6 is 22.9 Å². The molecule has 0 aliphatic heterocycles. The molecule has 5 nitrogen and oxygen atoms in total. The molecule has 1 N–H and O–H groups in total. The predicted molar refractivity (Wildman–Crippen MR) is 103 cm³/mol. The van der Waals surface area contributed by atoms with Crippen molar-refractivity contribution >= 4 is 50.8 Å². The minimum atomic E-state index is -0.426. The highest BCUT2D eigenvalue weighted by atomic mass is 35.5. The van der Waals surface area contributed by atoms with Crippen LogP contribution in [0, 0.1) is 13.8 Å². The number of ether oxygens (including phenoxy) is 1. The van der Waals surface area contributed by atoms with Crippen LogP contribution in [0.4, 0.5) is 5.00 Å². The molecule has 0 bridgehead atoms. The number of hydrogen-bond donors (Lipinski definition) is 1. The Labute approximate surface area is 159 Å². The average Bonchev–Trinajstić information content (AvgIpc) is 3.09. The van der Waals surface area contributed by atoms with Gasteiger partial charge in [0.15, 0.2) is 0 Å². The predicted octanol–water partition coefficient (Wildman–Crippen LogP) is 5.12. The molecule has 3 rings (SSSR count). The number of halogens is 1. The maximum Gasteiger partial charge on any atom is 0.341 e. The van der Waals surface area contributed by atoms with Crippen LogP contribution in [0.15, 0.2) is 28.9 Å². The number of hydrogen-bond acceptors (Lipinski definition) is 5. The molecule has 136 valence electrons. The fourth-order valence-corrected chi connectivity index (χ4v) is 3.94. The van der Waals surface area contributed by atoms with E-state index in [-0.39, 0.29) is 18.9 Å². The van der Waals surface area contributed by atoms with Crippen LogP contribution < -0.4 is 5.32 Å². The molecule has 2 heterocycles. The third kappa shape index (κ3) is 3.61. The Kier molecular flexibility index (Phi) is 5.34. The lowest BCUT2D eigenvalue weighted by atomic mass is 10.1. The number of nitrogens with one attached hydrogen (secondary N) is 1. The molecule has 0 aliphatic carbocycles. The van der Waals surface area contributed by atoms with Gasteiger partial charge in [0, 0.05) is 20.8 Å². The van der Waals surface area contributed by atoms with Crippen molar-refractivity contribution in [2.24, 2.45) is 0 Å². The molecule has 0 atom stereocenters. The van der Waals surface area contributed by atoms with Gasteiger partial charge >= 0.3 is 5.97 Å². The van der Waals surface area contributed by atoms with Crippen molar-refractivity contribution in [1.29, 1.82) is 0 Å². The molecule has 2 aromatic heterocycles. The quantitative estimate of drug-likeness (QED) is 0.612. The standard InChI is InChI=1S/C19H18ClNO4S/c1-4-24-19(23)17-10(2)11(3)26-18(17)21-16(22)7-12-9-25-15-6-5-13(20)8-14(12)15/h5-6,8-9H,4,7H2,1-3H3,(H,21,22). The van der Waals surface area contributed by atoms with Crippen molar-refractivity contribution < 1.29 is 18.7 Å². The minimum Gasteiger partial charge on any atom is -0.464 e. The molecule has 0 unspecified atom stereocenters. The van der Waals surface area contributed by atoms with Crippen LogP contribution in [-0.4, -0.2) is 18.5 Å². The third-order valence-electron chi connectivity index (χ3n) is 4.08. The van der Waals surface area contributed by atoms with E-state index in [1.54, 1.807) is 31.4 Å². The maximum absolute atomic E-state index is 12.5. The summed E-state index contributed by atoms with van der Waals surface area (Å²) in [6.45, 7) is 5.78. The fraction of sp³-hybridized carbons (Fsp3) is 0.263. The van der Waals surface area contributed by atoms with Gasteiger partial charge in [-0.25, -0.2) is 4.79 Å². The second kappa shape index (κ2) is 7.51. The van der Waals surface area contributed by atoms with Gasteiger partial charge in [-0.3, -0.25) is 4.79 Å². The van der Waals surface area contributed by atoms with Gasteiger partial charge in [0.2, 0.25) is 5.91 Å². The third-order valence-corrected chi connectivity index (χ3v) is 5.44. The lowest BCUT2D eigenvalue weighted by Gasteiger charge is -2.07. The summed E-state index contributed by atoms with van der Waals surface area (Å²) >= 11 is 7.39. The van der Waals surface area contributed by atoms with E-state index in [0.717, 1.165) is 21.4 Å². The largest absolute Gasteiger partial charge is 0.464 e. The summed E-state index contributed by atoms with van der Waals surface area (Å²) in [4.78, 5) is 25.7. The van der Waals surface area contributed by atoms with Crippen molar-refractivity contribution in [1.82, 2.24) is 0 Å². The first-order valence-electron chi connectivity index (χ1n) is 8.13. The van der Waals surface area contributed by atoms with E-state index in [4.69, 9.17) is 20.8 Å². The highest BCUT2D eigenvalue weighted by Crippen LogP contribution is 2.33. The maximum atomic E-state index is 12.5. The fourth-order valence-electron chi connectivity index (χ4n) is 2.70. The molecular weight excluding hydrogens is 374 g/mol. The van der Waals surface area contributed by atoms with Crippen molar-refractivity contribution in [3.05, 3.63) is 51.1 Å². The number of anilines is 1. The summed E-state index contributed by atoms with van der Waals surface area (Å²) in [5.41, 5.74) is 2.65. The number of benzene rings is 1. The van der Waals surface area contributed by atoms with Crippen molar-refractivity contribution in [3.63, 3.8) is 0 Å². The zero-order valence-corrected chi connectivity index (χ0v) is 16.2. The number of rotatable bonds is 5. The molecule has 0 spiro atoms. The Morgan fingerprint density at radius 3 is 2.81 bits per heavy atom. The molecule has 1 amide bonds. The van der Waals surface area contributed by atoms with Crippen LogP contribution in [-0.2, 0) is 16.0 Å². The average molecular weight is 392 g/mol. The summed E-state index contributed by atoms with van der Waals surface area (Å²) < 4.78 is 10.6. The molecule has 26 heavy (non-hydrogen) atoms. The molecule has 1 aromatic carbocycles. The van der Waals surface area contributed by atoms with Gasteiger partial charge in [0.25, 0.3) is 0 Å². The van der Waals surface area contributed by atoms with Crippen LogP contribution in [0.2, 0.25) is 5.02 Å². The molecule has 3 aromatic rings. The number of thiophene rings is 1. The highest BCUT2D eigenvalue weighted by Gasteiger charge is 2.22. The molecule has 0 radical (unpaired) electrons. The normalized spacial score (nSPS) is 10.9. The van der Waals surface area contributed by atoms with Crippen molar-refractivity contribution in [2.45, 2.75) is 27.2 Å². The Morgan fingerprint density at radius 1 is 1.31 bits per heavy atom. The van der Waals surface area contributed by atoms with Gasteiger partial charge in [0.1, 0.15) is 10.6 Å². The summed E-state index contributed by atoms with van der Waals surface area (Å²) in [5, 5.41) is 4.72. The molecule has 0 saturated carbocycles. The first kappa shape index (κ1) is 18.5. The van der Waals surface area contributed by atoms with Crippen LogP contribution in [0.1, 0.15) is 33.3 Å². The summed E-state index contributed by atoms with van der Waals surface area (Å²) in [6, 6.07) is 5.27. The Hall–Kier alpha value is -2.31. The summed E-state index contributed by atoms with van der Waals surface area (Å²) in [6.07, 6.45) is 1.67. The molecule has 0 aliphatic rings. The Bertz CT molecular complexity index is 989. The van der Waals surface area contributed by atoms with Crippen LogP contribution in [0.3, 0.4) is 0 Å². The van der Waals surface area contributed by atoms with Crippen LogP contribution in [0.5, 0.6) is 0 Å². The highest BCUT2D eigenvalue weighted by molar-refractivity contribution is 7.16. The van der Waals surface area contributed by atoms with E-state index in [1.165, 1.54) is 11.3 Å². The van der Waals surface area contributed by atoms with Gasteiger partial charge in [-0.15, -0.1) is 11.3 Å². The number of carbonyl (C=O) groups excluding carboxylic acids is 2. The first-order chi connectivity index (χ1) is 12.4. The van der Waals surface area contributed by atoms with E-state index in [0.29, 0.717) is 21.2 Å². The molecule has 0 fully saturated rings. The number of esters is 1. The van der Waals surface area contributed by atoms with Gasteiger partial charge in [-0.1, -0.05) is 11.6 Å². The zero-order chi connectivity index (χ0) is 18.8. The second-order valence-electron chi connectivity index (χ2n) is 5.83. The molecule has 7 heteroatoms. The SMILES string of the molecule is CCOC(=O)c1c(NC(=O)Cc2coc3ccc(Cl)cc23)sc(C)c1C. The van der Waals surface area contributed by atoms with E-state index in [9.17, 15) is 9.59 Å². The van der Waals surface area contributed by atoms with Gasteiger partial charge < -0.3 is 14.5 Å². The van der Waals surface area contributed by atoms with Gasteiger partial charge in [-0.05, 0) is 44.5 Å². The van der Waals surface area contributed by atoms with E-state index in [1.807, 2.05) is 13.8 Å². The van der Waals surface area contributed by atoms with Gasteiger partial charge in [-0.2, -0.15) is 0 Å². The number of aryl methyl sites for hydroxylation is 1. The molecular formula is C19H18ClNO4S. The second-order valence-corrected chi connectivity index (χ2v) is 7.50. The van der Waals surface area contributed by atoms with Gasteiger partial charge in [0.05, 0.1) is 24.9 Å². The zero-order valence-electron chi connectivity index (χ0n) is 14.6. The smallest absolute Gasteiger partial charge is 0.341 e. The number of furan rings is 1. The lowest BCUT2D eigenvalue weighted by Crippen LogP contribution is -2.16. The Balaban J connectivity index is 1.83. The Morgan fingerprint density at radius 2 is 2.08 bits per heavy atom. The van der Waals surface area contributed by atoms with Crippen molar-refractivity contribution in [2.75, 3.05) is 11.9 Å². The number of fused-ring (bicyclic) bond motifs is 1. The summed E-state index contributed by atoms with van der Waals surface area (Å²) in [5.74, 6) is -0.662. The molecule has 0 saturated heterocycles.